The predicted octanol–water partition coefficient (Wildman–Crippen LogP) is 2.78. The van der Waals surface area contributed by atoms with Crippen LogP contribution < -0.4 is 4.90 Å². The molecule has 1 saturated heterocycles. The molecule has 1 unspecified atom stereocenters. The summed E-state index contributed by atoms with van der Waals surface area (Å²) >= 11 is 6.10. The van der Waals surface area contributed by atoms with Crippen LogP contribution in [0, 0.1) is 0 Å². The number of rotatable bonds is 4. The van der Waals surface area contributed by atoms with E-state index >= 15 is 0 Å². The van der Waals surface area contributed by atoms with Crippen molar-refractivity contribution in [2.24, 2.45) is 0 Å². The number of hydrogen-bond donors (Lipinski definition) is 0. The normalized spacial score (nSPS) is 20.2. The standard InChI is InChI=1S/C14H23ClN4/c1-10(2)14-16-12(15)8-13(17-14)19(4)9-11-6-5-7-18(11)3/h8,10-11H,5-7,9H2,1-4H3. The highest BCUT2D eigenvalue weighted by Gasteiger charge is 2.23. The number of hydrogen-bond acceptors (Lipinski definition) is 4. The van der Waals surface area contributed by atoms with Crippen molar-refractivity contribution in [2.45, 2.75) is 38.6 Å². The molecule has 0 spiro atoms. The molecule has 2 heterocycles. The Balaban J connectivity index is 2.11. The number of nitrogens with zero attached hydrogens (tertiary/aromatic N) is 4. The zero-order valence-electron chi connectivity index (χ0n) is 12.2. The summed E-state index contributed by atoms with van der Waals surface area (Å²) in [6.07, 6.45) is 2.55. The van der Waals surface area contributed by atoms with Crippen LogP contribution >= 0.6 is 11.6 Å². The predicted molar refractivity (Wildman–Crippen MR) is 80.1 cm³/mol. The summed E-state index contributed by atoms with van der Waals surface area (Å²) in [7, 11) is 4.27. The highest BCUT2D eigenvalue weighted by molar-refractivity contribution is 6.29. The topological polar surface area (TPSA) is 32.3 Å². The first-order valence-electron chi connectivity index (χ1n) is 6.93. The highest BCUT2D eigenvalue weighted by atomic mass is 35.5. The minimum absolute atomic E-state index is 0.292. The van der Waals surface area contributed by atoms with Crippen molar-refractivity contribution in [3.63, 3.8) is 0 Å². The van der Waals surface area contributed by atoms with E-state index in [9.17, 15) is 0 Å². The molecule has 0 saturated carbocycles. The summed E-state index contributed by atoms with van der Waals surface area (Å²) in [5.41, 5.74) is 0. The van der Waals surface area contributed by atoms with Crippen LogP contribution in [0.2, 0.25) is 5.15 Å². The molecule has 106 valence electrons. The van der Waals surface area contributed by atoms with Crippen molar-refractivity contribution >= 4 is 17.4 Å². The summed E-state index contributed by atoms with van der Waals surface area (Å²) in [4.78, 5) is 13.5. The Hall–Kier alpha value is -0.870. The van der Waals surface area contributed by atoms with Gasteiger partial charge < -0.3 is 9.80 Å². The molecule has 1 atom stereocenters. The van der Waals surface area contributed by atoms with E-state index in [-0.39, 0.29) is 0 Å². The number of likely N-dealkylation sites (tertiary alicyclic amines) is 1. The molecule has 1 aliphatic rings. The van der Waals surface area contributed by atoms with Crippen molar-refractivity contribution < 1.29 is 0 Å². The number of halogens is 1. The molecule has 0 amide bonds. The van der Waals surface area contributed by atoms with Gasteiger partial charge in [-0.1, -0.05) is 25.4 Å². The van der Waals surface area contributed by atoms with E-state index in [1.807, 2.05) is 6.07 Å². The monoisotopic (exact) mass is 282 g/mol. The third-order valence-corrected chi connectivity index (χ3v) is 3.96. The van der Waals surface area contributed by atoms with E-state index in [0.717, 1.165) is 18.2 Å². The first kappa shape index (κ1) is 14.5. The summed E-state index contributed by atoms with van der Waals surface area (Å²) in [5, 5.41) is 0.528. The lowest BCUT2D eigenvalue weighted by Gasteiger charge is -2.27. The Morgan fingerprint density at radius 3 is 2.79 bits per heavy atom. The Morgan fingerprint density at radius 2 is 2.21 bits per heavy atom. The van der Waals surface area contributed by atoms with Crippen molar-refractivity contribution in [2.75, 3.05) is 32.1 Å². The molecule has 0 radical (unpaired) electrons. The molecular formula is C14H23ClN4. The maximum atomic E-state index is 6.10. The van der Waals surface area contributed by atoms with Crippen LogP contribution in [-0.4, -0.2) is 48.1 Å². The average Bonchev–Trinajstić information content (AvgIpc) is 2.74. The molecule has 0 bridgehead atoms. The molecular weight excluding hydrogens is 260 g/mol. The van der Waals surface area contributed by atoms with Gasteiger partial charge in [0.2, 0.25) is 0 Å². The van der Waals surface area contributed by atoms with E-state index in [1.54, 1.807) is 0 Å². The maximum Gasteiger partial charge on any atom is 0.135 e. The molecule has 1 fully saturated rings. The zero-order chi connectivity index (χ0) is 14.0. The third-order valence-electron chi connectivity index (χ3n) is 3.76. The quantitative estimate of drug-likeness (QED) is 0.795. The second-order valence-corrected chi connectivity index (χ2v) is 6.11. The molecule has 1 aliphatic heterocycles. The Bertz CT molecular complexity index is 435. The van der Waals surface area contributed by atoms with Gasteiger partial charge in [0.05, 0.1) is 0 Å². The largest absolute Gasteiger partial charge is 0.358 e. The summed E-state index contributed by atoms with van der Waals surface area (Å²) < 4.78 is 0. The highest BCUT2D eigenvalue weighted by Crippen LogP contribution is 2.22. The number of likely N-dealkylation sites (N-methyl/N-ethyl adjacent to an activating group) is 2. The van der Waals surface area contributed by atoms with Gasteiger partial charge in [0, 0.05) is 31.6 Å². The van der Waals surface area contributed by atoms with Crippen LogP contribution in [-0.2, 0) is 0 Å². The molecule has 19 heavy (non-hydrogen) atoms. The molecule has 0 N–H and O–H groups in total. The summed E-state index contributed by atoms with van der Waals surface area (Å²) in [6, 6.07) is 2.46. The first-order valence-corrected chi connectivity index (χ1v) is 7.31. The van der Waals surface area contributed by atoms with E-state index in [1.165, 1.54) is 19.4 Å². The van der Waals surface area contributed by atoms with Gasteiger partial charge >= 0.3 is 0 Å². The molecule has 0 aromatic carbocycles. The van der Waals surface area contributed by atoms with Crippen molar-refractivity contribution in [1.82, 2.24) is 14.9 Å². The molecule has 4 nitrogen and oxygen atoms in total. The number of aromatic nitrogens is 2. The summed E-state index contributed by atoms with van der Waals surface area (Å²) in [6.45, 7) is 6.35. The van der Waals surface area contributed by atoms with Crippen LogP contribution in [0.3, 0.4) is 0 Å². The molecule has 1 aromatic heterocycles. The Labute approximate surface area is 120 Å². The van der Waals surface area contributed by atoms with Gasteiger partial charge in [0.15, 0.2) is 0 Å². The fourth-order valence-corrected chi connectivity index (χ4v) is 2.68. The fraction of sp³-hybridized carbons (Fsp3) is 0.714. The lowest BCUT2D eigenvalue weighted by atomic mass is 10.2. The second-order valence-electron chi connectivity index (χ2n) is 5.72. The van der Waals surface area contributed by atoms with Gasteiger partial charge in [-0.25, -0.2) is 9.97 Å². The van der Waals surface area contributed by atoms with Crippen LogP contribution in [0.4, 0.5) is 5.82 Å². The zero-order valence-corrected chi connectivity index (χ0v) is 13.0. The van der Waals surface area contributed by atoms with E-state index < -0.39 is 0 Å². The lowest BCUT2D eigenvalue weighted by molar-refractivity contribution is 0.314. The molecule has 5 heteroatoms. The van der Waals surface area contributed by atoms with E-state index in [4.69, 9.17) is 11.6 Å². The molecule has 0 aliphatic carbocycles. The van der Waals surface area contributed by atoms with Crippen molar-refractivity contribution in [3.05, 3.63) is 17.0 Å². The van der Waals surface area contributed by atoms with Crippen LogP contribution in [0.5, 0.6) is 0 Å². The van der Waals surface area contributed by atoms with Gasteiger partial charge in [-0.3, -0.25) is 0 Å². The van der Waals surface area contributed by atoms with Crippen LogP contribution in [0.25, 0.3) is 0 Å². The van der Waals surface area contributed by atoms with Crippen LogP contribution in [0.15, 0.2) is 6.07 Å². The Morgan fingerprint density at radius 1 is 1.47 bits per heavy atom. The van der Waals surface area contributed by atoms with Gasteiger partial charge in [0.1, 0.15) is 16.8 Å². The maximum absolute atomic E-state index is 6.10. The number of anilines is 1. The molecule has 1 aromatic rings. The van der Waals surface area contributed by atoms with Crippen molar-refractivity contribution in [1.29, 1.82) is 0 Å². The van der Waals surface area contributed by atoms with Gasteiger partial charge in [-0.2, -0.15) is 0 Å². The van der Waals surface area contributed by atoms with Gasteiger partial charge in [-0.05, 0) is 26.4 Å². The van der Waals surface area contributed by atoms with Gasteiger partial charge in [-0.15, -0.1) is 0 Å². The van der Waals surface area contributed by atoms with E-state index in [2.05, 4.69) is 47.7 Å². The third kappa shape index (κ3) is 3.57. The second kappa shape index (κ2) is 6.06. The van der Waals surface area contributed by atoms with Gasteiger partial charge in [0.25, 0.3) is 0 Å². The smallest absolute Gasteiger partial charge is 0.135 e. The summed E-state index contributed by atoms with van der Waals surface area (Å²) in [5.74, 6) is 2.03. The average molecular weight is 283 g/mol. The lowest BCUT2D eigenvalue weighted by Crippen LogP contribution is -2.37. The van der Waals surface area contributed by atoms with Crippen molar-refractivity contribution in [3.8, 4) is 0 Å². The minimum atomic E-state index is 0.292. The fourth-order valence-electron chi connectivity index (χ4n) is 2.50. The minimum Gasteiger partial charge on any atom is -0.358 e. The van der Waals surface area contributed by atoms with E-state index in [0.29, 0.717) is 17.1 Å². The Kier molecular flexibility index (Phi) is 4.63. The molecule has 2 rings (SSSR count). The van der Waals surface area contributed by atoms with Crippen LogP contribution in [0.1, 0.15) is 38.4 Å². The first-order chi connectivity index (χ1) is 8.97. The SMILES string of the molecule is CC(C)c1nc(Cl)cc(N(C)CC2CCCN2C)n1.